The molecule has 1 fully saturated rings. The quantitative estimate of drug-likeness (QED) is 0.166. The maximum atomic E-state index is 11.5. The van der Waals surface area contributed by atoms with Gasteiger partial charge >= 0.3 is 6.41 Å². The predicted molar refractivity (Wildman–Crippen MR) is 171 cm³/mol. The van der Waals surface area contributed by atoms with Gasteiger partial charge in [-0.3, -0.25) is 9.69 Å². The van der Waals surface area contributed by atoms with E-state index >= 15 is 0 Å². The van der Waals surface area contributed by atoms with E-state index in [1.807, 2.05) is 24.6 Å². The van der Waals surface area contributed by atoms with E-state index in [-0.39, 0.29) is 12.2 Å². The Kier molecular flexibility index (Phi) is 7.85. The standard InChI is InChI=1S/C35H36N7O2/c1-44-27-15-12-24(13-16-27)22-42-34(17-14-25-20-36-30-9-4-2-7-28(25)30)39-40-35(42)32(41-18-6-11-33(41)38-23-43)19-26-21-37-31-10-5-3-8-29(26)31/h2-5,7-10,12-13,15-16,20-21,32-33,36-37H,6,11,14,17-19,22H2,1H3,(H,38,43)/t32-,33+/m1/s1. The van der Waals surface area contributed by atoms with Crippen LogP contribution in [0.25, 0.3) is 21.8 Å². The monoisotopic (exact) mass is 586 g/mol. The van der Waals surface area contributed by atoms with E-state index in [0.29, 0.717) is 6.54 Å². The highest BCUT2D eigenvalue weighted by atomic mass is 16.5. The molecule has 2 atom stereocenters. The Morgan fingerprint density at radius 1 is 0.932 bits per heavy atom. The van der Waals surface area contributed by atoms with Crippen LogP contribution in [0.1, 0.15) is 47.2 Å². The van der Waals surface area contributed by atoms with Crippen molar-refractivity contribution in [3.63, 3.8) is 0 Å². The van der Waals surface area contributed by atoms with Crippen LogP contribution in [0.4, 0.5) is 0 Å². The lowest BCUT2D eigenvalue weighted by Gasteiger charge is -2.32. The third kappa shape index (κ3) is 5.46. The number of fused-ring (bicyclic) bond motifs is 2. The number of para-hydroxylation sites is 2. The highest BCUT2D eigenvalue weighted by Crippen LogP contribution is 2.34. The van der Waals surface area contributed by atoms with Gasteiger partial charge in [0.25, 0.3) is 0 Å². The molecule has 7 rings (SSSR count). The lowest BCUT2D eigenvalue weighted by molar-refractivity contribution is 0.157. The normalized spacial score (nSPS) is 16.1. The highest BCUT2D eigenvalue weighted by Gasteiger charge is 2.35. The summed E-state index contributed by atoms with van der Waals surface area (Å²) in [6.45, 7) is 1.48. The minimum atomic E-state index is -0.108. The Morgan fingerprint density at radius 2 is 1.64 bits per heavy atom. The maximum absolute atomic E-state index is 11.5. The van der Waals surface area contributed by atoms with Gasteiger partial charge in [-0.15, -0.1) is 10.2 Å². The second-order valence-electron chi connectivity index (χ2n) is 11.5. The van der Waals surface area contributed by atoms with Gasteiger partial charge in [0.1, 0.15) is 11.6 Å². The van der Waals surface area contributed by atoms with Crippen LogP contribution in [-0.2, 0) is 30.6 Å². The second kappa shape index (κ2) is 12.4. The minimum absolute atomic E-state index is 0.102. The number of carbonyl (C=O) groups excluding carboxylic acids is 1. The summed E-state index contributed by atoms with van der Waals surface area (Å²) in [7, 11) is 1.68. The molecule has 4 heterocycles. The first kappa shape index (κ1) is 27.9. The van der Waals surface area contributed by atoms with Crippen LogP contribution in [0, 0.1) is 0 Å². The summed E-state index contributed by atoms with van der Waals surface area (Å²) in [5.41, 5.74) is 5.87. The van der Waals surface area contributed by atoms with Crippen molar-refractivity contribution in [2.45, 2.75) is 50.9 Å². The van der Waals surface area contributed by atoms with Crippen molar-refractivity contribution in [2.24, 2.45) is 0 Å². The zero-order valence-corrected chi connectivity index (χ0v) is 24.8. The fraction of sp³-hybridized carbons (Fsp3) is 0.286. The zero-order chi connectivity index (χ0) is 29.9. The summed E-state index contributed by atoms with van der Waals surface area (Å²) >= 11 is 0. The molecule has 1 amide bonds. The minimum Gasteiger partial charge on any atom is -0.497 e. The summed E-state index contributed by atoms with van der Waals surface area (Å²) in [5.74, 6) is 2.67. The smallest absolute Gasteiger partial charge is 0.310 e. The van der Waals surface area contributed by atoms with E-state index in [9.17, 15) is 4.79 Å². The molecule has 3 aromatic heterocycles. The number of benzene rings is 3. The van der Waals surface area contributed by atoms with Crippen LogP contribution < -0.4 is 10.1 Å². The number of aromatic nitrogens is 5. The molecule has 1 radical (unpaired) electrons. The summed E-state index contributed by atoms with van der Waals surface area (Å²) in [6, 6.07) is 24.9. The van der Waals surface area contributed by atoms with E-state index in [4.69, 9.17) is 14.9 Å². The summed E-state index contributed by atoms with van der Waals surface area (Å²) < 4.78 is 7.71. The largest absolute Gasteiger partial charge is 0.497 e. The van der Waals surface area contributed by atoms with Crippen LogP contribution in [0.15, 0.2) is 85.2 Å². The van der Waals surface area contributed by atoms with Gasteiger partial charge in [-0.2, -0.15) is 0 Å². The molecule has 0 unspecified atom stereocenters. The molecular weight excluding hydrogens is 550 g/mol. The Balaban J connectivity index is 1.28. The zero-order valence-electron chi connectivity index (χ0n) is 24.8. The maximum Gasteiger partial charge on any atom is 0.310 e. The molecule has 1 saturated heterocycles. The molecule has 44 heavy (non-hydrogen) atoms. The van der Waals surface area contributed by atoms with Crippen LogP contribution in [0.5, 0.6) is 5.75 Å². The Labute approximate surface area is 256 Å². The molecule has 9 nitrogen and oxygen atoms in total. The van der Waals surface area contributed by atoms with Crippen LogP contribution in [0.2, 0.25) is 0 Å². The van der Waals surface area contributed by atoms with Crippen LogP contribution >= 0.6 is 0 Å². The highest BCUT2D eigenvalue weighted by molar-refractivity contribution is 5.83. The number of likely N-dealkylation sites (tertiary alicyclic amines) is 1. The molecule has 3 N–H and O–H groups in total. The van der Waals surface area contributed by atoms with Gasteiger partial charge in [0.15, 0.2) is 5.82 Å². The van der Waals surface area contributed by atoms with Crippen molar-refractivity contribution in [1.29, 1.82) is 0 Å². The number of methoxy groups -OCH3 is 1. The lowest BCUT2D eigenvalue weighted by Crippen LogP contribution is -2.44. The molecule has 1 aliphatic heterocycles. The van der Waals surface area contributed by atoms with Gasteiger partial charge < -0.3 is 24.6 Å². The van der Waals surface area contributed by atoms with E-state index in [2.05, 4.69) is 91.7 Å². The first-order chi connectivity index (χ1) is 21.7. The van der Waals surface area contributed by atoms with Gasteiger partial charge in [-0.05, 0) is 66.6 Å². The molecular formula is C35H36N7O2. The van der Waals surface area contributed by atoms with Crippen molar-refractivity contribution >= 4 is 28.2 Å². The Bertz CT molecular complexity index is 1870. The number of nitrogens with one attached hydrogen (secondary N) is 3. The number of ether oxygens (including phenoxy) is 1. The van der Waals surface area contributed by atoms with E-state index in [1.54, 1.807) is 7.11 Å². The number of amides is 1. The number of aromatic amines is 2. The van der Waals surface area contributed by atoms with E-state index in [1.165, 1.54) is 21.9 Å². The van der Waals surface area contributed by atoms with Crippen molar-refractivity contribution in [1.82, 2.24) is 34.9 Å². The molecule has 0 spiro atoms. The second-order valence-corrected chi connectivity index (χ2v) is 11.5. The molecule has 9 heteroatoms. The molecule has 223 valence electrons. The van der Waals surface area contributed by atoms with Gasteiger partial charge in [0.05, 0.1) is 25.9 Å². The average Bonchev–Trinajstić information content (AvgIpc) is 3.86. The molecule has 0 bridgehead atoms. The van der Waals surface area contributed by atoms with Crippen LogP contribution in [0.3, 0.4) is 0 Å². The van der Waals surface area contributed by atoms with E-state index < -0.39 is 0 Å². The van der Waals surface area contributed by atoms with Gasteiger partial charge in [-0.1, -0.05) is 48.5 Å². The SMILES string of the molecule is COc1ccc(Cn2c(CCc3c[nH]c4ccccc34)nnc2[C@@H](Cc2c[nH]c3ccccc23)N2CCC[C@H]2N[C]=O)cc1. The Hall–Kier alpha value is -4.89. The van der Waals surface area contributed by atoms with E-state index in [0.717, 1.165) is 72.6 Å². The number of H-pyrrole nitrogens is 2. The summed E-state index contributed by atoms with van der Waals surface area (Å²) in [5, 5.41) is 15.1. The molecule has 0 aliphatic carbocycles. The lowest BCUT2D eigenvalue weighted by atomic mass is 10.0. The van der Waals surface area contributed by atoms with Gasteiger partial charge in [0, 0.05) is 47.2 Å². The first-order valence-electron chi connectivity index (χ1n) is 15.2. The molecule has 1 aliphatic rings. The molecule has 3 aromatic carbocycles. The van der Waals surface area contributed by atoms with Crippen molar-refractivity contribution in [3.8, 4) is 5.75 Å². The first-order valence-corrected chi connectivity index (χ1v) is 15.2. The van der Waals surface area contributed by atoms with Gasteiger partial charge in [-0.25, -0.2) is 0 Å². The predicted octanol–water partition coefficient (Wildman–Crippen LogP) is 5.45. The third-order valence-corrected chi connectivity index (χ3v) is 8.95. The average molecular weight is 587 g/mol. The fourth-order valence-corrected chi connectivity index (χ4v) is 6.70. The number of hydrogen-bond acceptors (Lipinski definition) is 5. The number of aryl methyl sites for hydroxylation is 2. The van der Waals surface area contributed by atoms with Crippen molar-refractivity contribution in [2.75, 3.05) is 13.7 Å². The topological polar surface area (TPSA) is 104 Å². The molecule has 0 saturated carbocycles. The van der Waals surface area contributed by atoms with Crippen molar-refractivity contribution < 1.29 is 9.53 Å². The number of nitrogens with zero attached hydrogens (tertiary/aromatic N) is 4. The Morgan fingerprint density at radius 3 is 2.36 bits per heavy atom. The summed E-state index contributed by atoms with van der Waals surface area (Å²) in [6.07, 6.45) is 10.2. The third-order valence-electron chi connectivity index (χ3n) is 8.95. The fourth-order valence-electron chi connectivity index (χ4n) is 6.70. The van der Waals surface area contributed by atoms with Crippen molar-refractivity contribution in [3.05, 3.63) is 114 Å². The number of rotatable bonds is 12. The number of hydrogen-bond donors (Lipinski definition) is 3. The van der Waals surface area contributed by atoms with Gasteiger partial charge in [0.2, 0.25) is 0 Å². The molecule has 6 aromatic rings. The van der Waals surface area contributed by atoms with Crippen LogP contribution in [-0.4, -0.2) is 55.9 Å². The summed E-state index contributed by atoms with van der Waals surface area (Å²) in [4.78, 5) is 20.7.